The number of nitrogens with two attached hydrogens (primary N) is 1. The number of carbonyl (C=O) groups excluding carboxylic acids is 3. The summed E-state index contributed by atoms with van der Waals surface area (Å²) in [6.07, 6.45) is 1.57. The maximum atomic E-state index is 12.9. The molecule has 3 N–H and O–H groups in total. The molecule has 1 unspecified atom stereocenters. The lowest BCUT2D eigenvalue weighted by atomic mass is 10.1. The molecule has 0 bridgehead atoms. The van der Waals surface area contributed by atoms with E-state index >= 15 is 0 Å². The van der Waals surface area contributed by atoms with E-state index in [9.17, 15) is 19.6 Å². The van der Waals surface area contributed by atoms with E-state index < -0.39 is 0 Å². The van der Waals surface area contributed by atoms with Gasteiger partial charge in [-0.2, -0.15) is 5.26 Å². The summed E-state index contributed by atoms with van der Waals surface area (Å²) in [5, 5.41) is 12.6. The van der Waals surface area contributed by atoms with Gasteiger partial charge in [-0.3, -0.25) is 19.3 Å². The van der Waals surface area contributed by atoms with Gasteiger partial charge in [-0.05, 0) is 49.2 Å². The molecule has 2 heterocycles. The molecule has 0 aliphatic carbocycles. The Balaban J connectivity index is 1.37. The maximum Gasteiger partial charge on any atom is 0.234 e. The minimum atomic E-state index is -0.380. The van der Waals surface area contributed by atoms with Crippen molar-refractivity contribution in [3.63, 3.8) is 0 Å². The Bertz CT molecular complexity index is 1230. The van der Waals surface area contributed by atoms with E-state index in [0.717, 1.165) is 36.3 Å². The van der Waals surface area contributed by atoms with Crippen molar-refractivity contribution in [3.8, 4) is 6.07 Å². The van der Waals surface area contributed by atoms with E-state index in [1.807, 2.05) is 77.3 Å². The number of primary amides is 1. The van der Waals surface area contributed by atoms with Crippen molar-refractivity contribution in [2.45, 2.75) is 38.3 Å². The van der Waals surface area contributed by atoms with Crippen LogP contribution in [0, 0.1) is 11.3 Å². The van der Waals surface area contributed by atoms with Crippen LogP contribution in [0.5, 0.6) is 0 Å². The summed E-state index contributed by atoms with van der Waals surface area (Å²) in [6.45, 7) is 1.37. The number of nitrogens with zero attached hydrogens (tertiary/aromatic N) is 4. The third-order valence-corrected chi connectivity index (χ3v) is 6.72. The largest absolute Gasteiger partial charge is 0.368 e. The number of rotatable bonds is 8. The van der Waals surface area contributed by atoms with E-state index in [4.69, 9.17) is 5.73 Å². The van der Waals surface area contributed by atoms with Crippen molar-refractivity contribution in [3.05, 3.63) is 65.5 Å². The number of amides is 2. The fraction of sp³-hybridized carbons (Fsp3) is 0.333. The number of likely N-dealkylation sites (tertiary alicyclic amines) is 1. The summed E-state index contributed by atoms with van der Waals surface area (Å²) in [5.41, 5.74) is 8.93. The van der Waals surface area contributed by atoms with Crippen LogP contribution in [0.15, 0.2) is 59.9 Å². The molecule has 2 aromatic carbocycles. The van der Waals surface area contributed by atoms with Crippen molar-refractivity contribution in [1.29, 1.82) is 5.26 Å². The van der Waals surface area contributed by atoms with Gasteiger partial charge in [0.15, 0.2) is 5.78 Å². The van der Waals surface area contributed by atoms with Crippen LogP contribution in [0.25, 0.3) is 0 Å². The number of allylic oxidation sites excluding steroid dienone is 1. The molecule has 2 amide bonds. The van der Waals surface area contributed by atoms with Gasteiger partial charge in [0.2, 0.25) is 11.8 Å². The highest BCUT2D eigenvalue weighted by molar-refractivity contribution is 6.04. The highest BCUT2D eigenvalue weighted by atomic mass is 16.2. The first-order valence-electron chi connectivity index (χ1n) is 12.0. The Hall–Kier alpha value is -4.16. The first kappa shape index (κ1) is 24.9. The quantitative estimate of drug-likeness (QED) is 0.434. The Kier molecular flexibility index (Phi) is 7.36. The average molecular weight is 487 g/mol. The molecule has 186 valence electrons. The zero-order valence-electron chi connectivity index (χ0n) is 20.5. The predicted molar refractivity (Wildman–Crippen MR) is 138 cm³/mol. The molecule has 4 rings (SSSR count). The molecule has 1 atom stereocenters. The lowest BCUT2D eigenvalue weighted by molar-refractivity contribution is -0.122. The summed E-state index contributed by atoms with van der Waals surface area (Å²) in [4.78, 5) is 42.9. The minimum Gasteiger partial charge on any atom is -0.368 e. The van der Waals surface area contributed by atoms with Gasteiger partial charge in [-0.25, -0.2) is 0 Å². The number of benzene rings is 2. The number of hydrogen-bond acceptors (Lipinski definition) is 7. The number of carbonyl (C=O) groups is 3. The zero-order valence-corrected chi connectivity index (χ0v) is 20.5. The van der Waals surface area contributed by atoms with E-state index in [0.29, 0.717) is 18.1 Å². The number of para-hydroxylation sites is 2. The molecule has 1 fully saturated rings. The van der Waals surface area contributed by atoms with Crippen LogP contribution < -0.4 is 20.9 Å². The van der Waals surface area contributed by atoms with Crippen molar-refractivity contribution in [1.82, 2.24) is 4.90 Å². The summed E-state index contributed by atoms with van der Waals surface area (Å²) in [5.74, 6) is -0.495. The molecular formula is C27H30N6O3. The molecule has 9 nitrogen and oxygen atoms in total. The van der Waals surface area contributed by atoms with Gasteiger partial charge in [0, 0.05) is 39.2 Å². The number of nitriles is 1. The molecule has 0 aromatic heterocycles. The van der Waals surface area contributed by atoms with Gasteiger partial charge >= 0.3 is 0 Å². The number of ketones is 1. The van der Waals surface area contributed by atoms with Crippen LogP contribution in [0.4, 0.5) is 17.1 Å². The molecule has 0 radical (unpaired) electrons. The van der Waals surface area contributed by atoms with Gasteiger partial charge in [-0.15, -0.1) is 0 Å². The Morgan fingerprint density at radius 1 is 1.06 bits per heavy atom. The standard InChI is InChI=1S/C27H30N6O3/c1-31-21-9-3-4-10-22(21)32(2)27(31)20(16-28)24(34)12-13-25(35)30-19-8-5-7-18(15-19)17-33-14-6-11-23(33)26(29)36/h3-5,7-10,15,23H,6,11-14,17H2,1-2H3,(H2,29,36)(H,30,35). The molecule has 36 heavy (non-hydrogen) atoms. The molecule has 0 saturated carbocycles. The van der Waals surface area contributed by atoms with Gasteiger partial charge in [0.05, 0.1) is 17.4 Å². The number of Topliss-reactive ketones (excluding diaryl/α,β-unsaturated/α-hetero) is 1. The van der Waals surface area contributed by atoms with E-state index in [-0.39, 0.29) is 42.1 Å². The van der Waals surface area contributed by atoms with Crippen LogP contribution in [0.2, 0.25) is 0 Å². The third kappa shape index (κ3) is 5.09. The first-order chi connectivity index (χ1) is 17.3. The first-order valence-corrected chi connectivity index (χ1v) is 12.0. The highest BCUT2D eigenvalue weighted by Crippen LogP contribution is 2.40. The summed E-state index contributed by atoms with van der Waals surface area (Å²) in [7, 11) is 3.63. The molecule has 2 aliphatic rings. The van der Waals surface area contributed by atoms with Crippen LogP contribution in [-0.4, -0.2) is 49.2 Å². The van der Waals surface area contributed by atoms with E-state index in [2.05, 4.69) is 5.32 Å². The second-order valence-corrected chi connectivity index (χ2v) is 9.12. The minimum absolute atomic E-state index is 0.0283. The number of nitrogens with one attached hydrogen (secondary N) is 1. The highest BCUT2D eigenvalue weighted by Gasteiger charge is 2.31. The topological polar surface area (TPSA) is 123 Å². The third-order valence-electron chi connectivity index (χ3n) is 6.72. The van der Waals surface area contributed by atoms with Crippen molar-refractivity contribution < 1.29 is 14.4 Å². The monoisotopic (exact) mass is 486 g/mol. The van der Waals surface area contributed by atoms with Crippen LogP contribution in [0.1, 0.15) is 31.2 Å². The fourth-order valence-electron chi connectivity index (χ4n) is 4.95. The van der Waals surface area contributed by atoms with Gasteiger partial charge in [0.25, 0.3) is 0 Å². The summed E-state index contributed by atoms with van der Waals surface area (Å²) < 4.78 is 0. The predicted octanol–water partition coefficient (Wildman–Crippen LogP) is 2.75. The number of fused-ring (bicyclic) bond motifs is 1. The average Bonchev–Trinajstić information content (AvgIpc) is 3.42. The Morgan fingerprint density at radius 3 is 2.39 bits per heavy atom. The molecule has 2 aromatic rings. The van der Waals surface area contributed by atoms with E-state index in [1.165, 1.54) is 0 Å². The van der Waals surface area contributed by atoms with Gasteiger partial charge < -0.3 is 20.9 Å². The second kappa shape index (κ2) is 10.6. The number of anilines is 3. The van der Waals surface area contributed by atoms with Gasteiger partial charge in [-0.1, -0.05) is 24.3 Å². The smallest absolute Gasteiger partial charge is 0.234 e. The number of hydrogen-bond donors (Lipinski definition) is 2. The fourth-order valence-corrected chi connectivity index (χ4v) is 4.95. The van der Waals surface area contributed by atoms with Crippen molar-refractivity contribution in [2.24, 2.45) is 5.73 Å². The molecular weight excluding hydrogens is 456 g/mol. The maximum absolute atomic E-state index is 12.9. The molecule has 1 saturated heterocycles. The van der Waals surface area contributed by atoms with Gasteiger partial charge in [0.1, 0.15) is 17.5 Å². The van der Waals surface area contributed by atoms with Crippen molar-refractivity contribution >= 4 is 34.7 Å². The van der Waals surface area contributed by atoms with Crippen molar-refractivity contribution in [2.75, 3.05) is 35.8 Å². The normalized spacial score (nSPS) is 17.0. The summed E-state index contributed by atoms with van der Waals surface area (Å²) in [6, 6.07) is 16.9. The summed E-state index contributed by atoms with van der Waals surface area (Å²) >= 11 is 0. The lowest BCUT2D eigenvalue weighted by Gasteiger charge is -2.22. The Labute approximate surface area is 210 Å². The van der Waals surface area contributed by atoms with Crippen LogP contribution in [-0.2, 0) is 20.9 Å². The van der Waals surface area contributed by atoms with Crippen LogP contribution in [0.3, 0.4) is 0 Å². The van der Waals surface area contributed by atoms with E-state index in [1.54, 1.807) is 6.07 Å². The van der Waals surface area contributed by atoms with Crippen LogP contribution >= 0.6 is 0 Å². The lowest BCUT2D eigenvalue weighted by Crippen LogP contribution is -2.39. The zero-order chi connectivity index (χ0) is 25.8. The Morgan fingerprint density at radius 2 is 1.75 bits per heavy atom. The molecule has 2 aliphatic heterocycles. The SMILES string of the molecule is CN1C(=C(C#N)C(=O)CCC(=O)Nc2cccc(CN3CCCC3C(N)=O)c2)N(C)c2ccccc21. The second-order valence-electron chi connectivity index (χ2n) is 9.12. The molecule has 0 spiro atoms. The molecule has 9 heteroatoms.